The molecule has 0 radical (unpaired) electrons. The van der Waals surface area contributed by atoms with Gasteiger partial charge in [-0.25, -0.2) is 9.97 Å². The van der Waals surface area contributed by atoms with Gasteiger partial charge in [-0.2, -0.15) is 0 Å². The first-order valence-electron chi connectivity index (χ1n) is 20.8. The van der Waals surface area contributed by atoms with Gasteiger partial charge in [-0.1, -0.05) is 200 Å². The van der Waals surface area contributed by atoms with E-state index in [-0.39, 0.29) is 5.41 Å². The molecule has 3 nitrogen and oxygen atoms in total. The maximum absolute atomic E-state index is 5.09. The van der Waals surface area contributed by atoms with Crippen molar-refractivity contribution in [2.24, 2.45) is 0 Å². The summed E-state index contributed by atoms with van der Waals surface area (Å²) in [5.74, 6) is 0.698. The molecule has 1 spiro atoms. The van der Waals surface area contributed by atoms with Crippen LogP contribution in [-0.2, 0) is 5.41 Å². The standard InChI is InChI=1S/C58H37N3/c1-2-13-44(14-3-1)57-60-54(37-55(61-57)43-34-32-41(33-35-43)53-23-10-11-36-59-53)42-30-26-39(27-31-42)38-24-28-40(29-25-38)45-18-12-22-52-56(45)48-17-6-9-21-51(48)58(52)49-19-7-4-15-46(49)47-16-5-8-20-50(47)58/h1-37H. The molecule has 0 amide bonds. The summed E-state index contributed by atoms with van der Waals surface area (Å²) in [6, 6.07) is 78.4. The third kappa shape index (κ3) is 5.55. The Balaban J connectivity index is 0.891. The van der Waals surface area contributed by atoms with Crippen LogP contribution in [0.4, 0.5) is 0 Å². The summed E-state index contributed by atoms with van der Waals surface area (Å²) >= 11 is 0. The fraction of sp³-hybridized carbons (Fsp3) is 0.0172. The van der Waals surface area contributed by atoms with Crippen molar-refractivity contribution in [2.75, 3.05) is 0 Å². The second-order valence-corrected chi connectivity index (χ2v) is 15.9. The van der Waals surface area contributed by atoms with E-state index < -0.39 is 0 Å². The highest BCUT2D eigenvalue weighted by Crippen LogP contribution is 2.63. The largest absolute Gasteiger partial charge is 0.256 e. The van der Waals surface area contributed by atoms with Gasteiger partial charge in [0.25, 0.3) is 0 Å². The molecule has 0 saturated heterocycles. The van der Waals surface area contributed by atoms with Crippen molar-refractivity contribution >= 4 is 0 Å². The molecule has 0 N–H and O–H groups in total. The Morgan fingerprint density at radius 1 is 0.279 bits per heavy atom. The fourth-order valence-corrected chi connectivity index (χ4v) is 9.86. The van der Waals surface area contributed by atoms with E-state index in [4.69, 9.17) is 9.97 Å². The van der Waals surface area contributed by atoms with Crippen molar-refractivity contribution in [1.29, 1.82) is 0 Å². The summed E-state index contributed by atoms with van der Waals surface area (Å²) in [6.45, 7) is 0. The van der Waals surface area contributed by atoms with Crippen LogP contribution in [0.2, 0.25) is 0 Å². The lowest BCUT2D eigenvalue weighted by Crippen LogP contribution is -2.25. The SMILES string of the molecule is c1ccc(-c2nc(-c3ccc(-c4ccc(-c5cccc6c5-c5ccccc5C65c6ccccc6-c6ccccc65)cc4)cc3)cc(-c3ccc(-c4ccccn4)cc3)n2)cc1. The molecule has 0 saturated carbocycles. The summed E-state index contributed by atoms with van der Waals surface area (Å²) in [5.41, 5.74) is 22.0. The molecular formula is C58H37N3. The third-order valence-corrected chi connectivity index (χ3v) is 12.6. The topological polar surface area (TPSA) is 38.7 Å². The Morgan fingerprint density at radius 3 is 1.30 bits per heavy atom. The van der Waals surface area contributed by atoms with Crippen molar-refractivity contribution < 1.29 is 0 Å². The van der Waals surface area contributed by atoms with Gasteiger partial charge in [0.05, 0.1) is 22.5 Å². The molecular weight excluding hydrogens is 739 g/mol. The number of rotatable bonds is 6. The average Bonchev–Trinajstić information content (AvgIpc) is 3.82. The molecule has 10 aromatic rings. The van der Waals surface area contributed by atoms with Crippen LogP contribution in [-0.4, -0.2) is 15.0 Å². The van der Waals surface area contributed by atoms with Gasteiger partial charge < -0.3 is 0 Å². The van der Waals surface area contributed by atoms with Crippen LogP contribution in [0, 0.1) is 0 Å². The first-order valence-corrected chi connectivity index (χ1v) is 20.8. The Bertz CT molecular complexity index is 3220. The van der Waals surface area contributed by atoms with Gasteiger partial charge in [0, 0.05) is 28.5 Å². The maximum Gasteiger partial charge on any atom is 0.160 e. The lowest BCUT2D eigenvalue weighted by molar-refractivity contribution is 0.794. The van der Waals surface area contributed by atoms with Crippen LogP contribution in [0.3, 0.4) is 0 Å². The minimum atomic E-state index is -0.353. The number of pyridine rings is 1. The van der Waals surface area contributed by atoms with E-state index in [0.29, 0.717) is 5.82 Å². The number of hydrogen-bond donors (Lipinski definition) is 0. The fourth-order valence-electron chi connectivity index (χ4n) is 9.86. The molecule has 2 aromatic heterocycles. The van der Waals surface area contributed by atoms with Crippen LogP contribution in [0.5, 0.6) is 0 Å². The van der Waals surface area contributed by atoms with Crippen molar-refractivity contribution in [3.05, 3.63) is 247 Å². The molecule has 61 heavy (non-hydrogen) atoms. The highest BCUT2D eigenvalue weighted by atomic mass is 14.9. The lowest BCUT2D eigenvalue weighted by Gasteiger charge is -2.30. The zero-order valence-corrected chi connectivity index (χ0v) is 33.2. The molecule has 0 unspecified atom stereocenters. The number of fused-ring (bicyclic) bond motifs is 10. The Labute approximate surface area is 355 Å². The van der Waals surface area contributed by atoms with E-state index in [1.54, 1.807) is 0 Å². The van der Waals surface area contributed by atoms with Crippen LogP contribution < -0.4 is 0 Å². The molecule has 0 aliphatic heterocycles. The quantitative estimate of drug-likeness (QED) is 0.169. The van der Waals surface area contributed by atoms with Gasteiger partial charge in [0.1, 0.15) is 0 Å². The van der Waals surface area contributed by atoms with Crippen LogP contribution in [0.25, 0.3) is 89.7 Å². The number of benzene rings is 8. The summed E-state index contributed by atoms with van der Waals surface area (Å²) in [6.07, 6.45) is 1.82. The number of hydrogen-bond acceptors (Lipinski definition) is 3. The monoisotopic (exact) mass is 775 g/mol. The van der Waals surface area contributed by atoms with Crippen LogP contribution >= 0.6 is 0 Å². The van der Waals surface area contributed by atoms with E-state index >= 15 is 0 Å². The highest BCUT2D eigenvalue weighted by Gasteiger charge is 2.51. The summed E-state index contributed by atoms with van der Waals surface area (Å²) in [5, 5.41) is 0. The molecule has 284 valence electrons. The minimum Gasteiger partial charge on any atom is -0.256 e. The molecule has 2 aliphatic carbocycles. The van der Waals surface area contributed by atoms with Gasteiger partial charge in [-0.15, -0.1) is 0 Å². The first kappa shape index (κ1) is 35.0. The number of nitrogens with zero attached hydrogens (tertiary/aromatic N) is 3. The van der Waals surface area contributed by atoms with E-state index in [9.17, 15) is 0 Å². The summed E-state index contributed by atoms with van der Waals surface area (Å²) < 4.78 is 0. The van der Waals surface area contributed by atoms with Crippen LogP contribution in [0.15, 0.2) is 225 Å². The second kappa shape index (κ2) is 14.1. The van der Waals surface area contributed by atoms with E-state index in [1.807, 2.05) is 42.6 Å². The zero-order valence-electron chi connectivity index (χ0n) is 33.2. The second-order valence-electron chi connectivity index (χ2n) is 15.9. The molecule has 2 aliphatic rings. The van der Waals surface area contributed by atoms with E-state index in [0.717, 1.165) is 44.9 Å². The Kier molecular flexibility index (Phi) is 8.07. The van der Waals surface area contributed by atoms with Gasteiger partial charge in [0.15, 0.2) is 5.82 Å². The predicted molar refractivity (Wildman–Crippen MR) is 249 cm³/mol. The molecule has 12 rings (SSSR count). The highest BCUT2D eigenvalue weighted by molar-refractivity contribution is 6.00. The van der Waals surface area contributed by atoms with Gasteiger partial charge in [0.2, 0.25) is 0 Å². The van der Waals surface area contributed by atoms with E-state index in [1.165, 1.54) is 61.2 Å². The molecule has 0 atom stereocenters. The Hall–Kier alpha value is -8.01. The zero-order chi connectivity index (χ0) is 40.3. The number of aromatic nitrogens is 3. The van der Waals surface area contributed by atoms with Gasteiger partial charge in [-0.05, 0) is 85.0 Å². The average molecular weight is 776 g/mol. The minimum absolute atomic E-state index is 0.353. The van der Waals surface area contributed by atoms with Gasteiger partial charge >= 0.3 is 0 Å². The smallest absolute Gasteiger partial charge is 0.160 e. The molecule has 8 aromatic carbocycles. The molecule has 0 fully saturated rings. The van der Waals surface area contributed by atoms with Crippen molar-refractivity contribution in [2.45, 2.75) is 5.41 Å². The maximum atomic E-state index is 5.09. The summed E-state index contributed by atoms with van der Waals surface area (Å²) in [4.78, 5) is 14.7. The van der Waals surface area contributed by atoms with Crippen molar-refractivity contribution in [3.63, 3.8) is 0 Å². The Morgan fingerprint density at radius 2 is 0.721 bits per heavy atom. The first-order chi connectivity index (χ1) is 30.2. The van der Waals surface area contributed by atoms with Gasteiger partial charge in [-0.3, -0.25) is 4.98 Å². The molecule has 2 heterocycles. The van der Waals surface area contributed by atoms with Crippen molar-refractivity contribution in [3.8, 4) is 89.7 Å². The predicted octanol–water partition coefficient (Wildman–Crippen LogP) is 14.2. The molecule has 3 heteroatoms. The summed E-state index contributed by atoms with van der Waals surface area (Å²) in [7, 11) is 0. The van der Waals surface area contributed by atoms with Crippen LogP contribution in [0.1, 0.15) is 22.3 Å². The van der Waals surface area contributed by atoms with E-state index in [2.05, 4.69) is 187 Å². The van der Waals surface area contributed by atoms with Crippen molar-refractivity contribution in [1.82, 2.24) is 15.0 Å². The molecule has 0 bridgehead atoms. The normalized spacial score (nSPS) is 12.7. The lowest BCUT2D eigenvalue weighted by atomic mass is 9.70. The third-order valence-electron chi connectivity index (χ3n) is 12.6.